The number of hydrogen-bond acceptors (Lipinski definition) is 3. The van der Waals surface area contributed by atoms with Crippen molar-refractivity contribution in [1.29, 1.82) is 0 Å². The third kappa shape index (κ3) is 4.80. The van der Waals surface area contributed by atoms with E-state index >= 15 is 0 Å². The van der Waals surface area contributed by atoms with E-state index in [0.717, 1.165) is 12.8 Å². The summed E-state index contributed by atoms with van der Waals surface area (Å²) in [5, 5.41) is 0. The minimum absolute atomic E-state index is 0.0249. The molecule has 20 heavy (non-hydrogen) atoms. The fourth-order valence-electron chi connectivity index (χ4n) is 2.89. The van der Waals surface area contributed by atoms with Crippen LogP contribution in [0.5, 0.6) is 0 Å². The first kappa shape index (κ1) is 17.0. The van der Waals surface area contributed by atoms with Crippen LogP contribution in [0.25, 0.3) is 0 Å². The van der Waals surface area contributed by atoms with E-state index < -0.39 is 0 Å². The highest BCUT2D eigenvalue weighted by Crippen LogP contribution is 2.24. The second kappa shape index (κ2) is 8.28. The van der Waals surface area contributed by atoms with Gasteiger partial charge in [0, 0.05) is 18.5 Å². The molecular weight excluding hydrogens is 254 g/mol. The lowest BCUT2D eigenvalue weighted by Gasteiger charge is -2.34. The molecule has 1 atom stereocenters. The van der Waals surface area contributed by atoms with Crippen LogP contribution < -0.4 is 0 Å². The Bertz CT molecular complexity index is 320. The average molecular weight is 283 g/mol. The summed E-state index contributed by atoms with van der Waals surface area (Å²) < 4.78 is 4.79. The van der Waals surface area contributed by atoms with Gasteiger partial charge < -0.3 is 9.64 Å². The molecule has 0 aromatic carbocycles. The van der Waals surface area contributed by atoms with Crippen LogP contribution in [-0.4, -0.2) is 36.5 Å². The Balaban J connectivity index is 2.78. The summed E-state index contributed by atoms with van der Waals surface area (Å²) in [5.41, 5.74) is 0. The number of carbonyl (C=O) groups is 2. The van der Waals surface area contributed by atoms with E-state index in [9.17, 15) is 9.59 Å². The van der Waals surface area contributed by atoms with Crippen molar-refractivity contribution >= 4 is 11.9 Å². The van der Waals surface area contributed by atoms with E-state index in [1.165, 1.54) is 32.8 Å². The van der Waals surface area contributed by atoms with E-state index in [-0.39, 0.29) is 23.7 Å². The third-order valence-electron chi connectivity index (χ3n) is 4.12. The second-order valence-corrected chi connectivity index (χ2v) is 6.21. The number of nitrogens with zero attached hydrogens (tertiary/aromatic N) is 1. The molecule has 0 aliphatic heterocycles. The zero-order chi connectivity index (χ0) is 15.1. The molecule has 1 aliphatic rings. The molecule has 0 radical (unpaired) electrons. The Morgan fingerprint density at radius 3 is 2.10 bits per heavy atom. The molecule has 1 saturated carbocycles. The maximum absolute atomic E-state index is 12.5. The lowest BCUT2D eigenvalue weighted by Crippen LogP contribution is -2.45. The number of esters is 1. The van der Waals surface area contributed by atoms with E-state index in [4.69, 9.17) is 4.74 Å². The van der Waals surface area contributed by atoms with Gasteiger partial charge in [0.05, 0.1) is 13.0 Å². The number of carbonyl (C=O) groups excluding carboxylic acids is 2. The molecule has 4 nitrogen and oxygen atoms in total. The molecule has 0 aromatic heterocycles. The molecular formula is C16H29NO3. The second-order valence-electron chi connectivity index (χ2n) is 6.21. The fourth-order valence-corrected chi connectivity index (χ4v) is 2.89. The van der Waals surface area contributed by atoms with Gasteiger partial charge in [0.2, 0.25) is 5.91 Å². The minimum Gasteiger partial charge on any atom is -0.469 e. The van der Waals surface area contributed by atoms with Gasteiger partial charge in [0.1, 0.15) is 0 Å². The Morgan fingerprint density at radius 2 is 1.65 bits per heavy atom. The Kier molecular flexibility index (Phi) is 7.03. The van der Waals surface area contributed by atoms with Crippen LogP contribution in [0.15, 0.2) is 0 Å². The quantitative estimate of drug-likeness (QED) is 0.575. The van der Waals surface area contributed by atoms with Crippen LogP contribution in [0.2, 0.25) is 0 Å². The topological polar surface area (TPSA) is 46.6 Å². The SMILES string of the molecule is COC(=O)C(C)CN(C(=O)C(C)C)C1CCCCCC1. The van der Waals surface area contributed by atoms with Crippen molar-refractivity contribution in [2.24, 2.45) is 11.8 Å². The van der Waals surface area contributed by atoms with Crippen LogP contribution in [-0.2, 0) is 14.3 Å². The van der Waals surface area contributed by atoms with Gasteiger partial charge in [-0.05, 0) is 12.8 Å². The van der Waals surface area contributed by atoms with Gasteiger partial charge >= 0.3 is 5.97 Å². The lowest BCUT2D eigenvalue weighted by molar-refractivity contribution is -0.147. The van der Waals surface area contributed by atoms with E-state index in [0.29, 0.717) is 12.6 Å². The maximum Gasteiger partial charge on any atom is 0.310 e. The molecule has 1 aliphatic carbocycles. The highest BCUT2D eigenvalue weighted by molar-refractivity contribution is 5.79. The zero-order valence-corrected chi connectivity index (χ0v) is 13.4. The maximum atomic E-state index is 12.5. The first-order valence-corrected chi connectivity index (χ1v) is 7.85. The molecule has 1 unspecified atom stereocenters. The molecule has 1 amide bonds. The van der Waals surface area contributed by atoms with Crippen molar-refractivity contribution in [2.45, 2.75) is 65.3 Å². The van der Waals surface area contributed by atoms with E-state index in [2.05, 4.69) is 0 Å². The largest absolute Gasteiger partial charge is 0.469 e. The molecule has 0 spiro atoms. The van der Waals surface area contributed by atoms with Gasteiger partial charge in [-0.15, -0.1) is 0 Å². The van der Waals surface area contributed by atoms with Crippen LogP contribution in [0.3, 0.4) is 0 Å². The predicted molar refractivity (Wildman–Crippen MR) is 79.2 cm³/mol. The summed E-state index contributed by atoms with van der Waals surface area (Å²) in [5.74, 6) is -0.359. The van der Waals surface area contributed by atoms with Crippen LogP contribution >= 0.6 is 0 Å². The van der Waals surface area contributed by atoms with Crippen LogP contribution in [0, 0.1) is 11.8 Å². The minimum atomic E-state index is -0.258. The number of hydrogen-bond donors (Lipinski definition) is 0. The van der Waals surface area contributed by atoms with Crippen molar-refractivity contribution in [1.82, 2.24) is 4.90 Å². The third-order valence-corrected chi connectivity index (χ3v) is 4.12. The molecule has 0 heterocycles. The van der Waals surface area contributed by atoms with Crippen molar-refractivity contribution in [2.75, 3.05) is 13.7 Å². The molecule has 0 bridgehead atoms. The first-order valence-electron chi connectivity index (χ1n) is 7.85. The van der Waals surface area contributed by atoms with Crippen molar-refractivity contribution < 1.29 is 14.3 Å². The molecule has 0 saturated heterocycles. The van der Waals surface area contributed by atoms with Gasteiger partial charge in [-0.25, -0.2) is 0 Å². The van der Waals surface area contributed by atoms with Crippen molar-refractivity contribution in [3.05, 3.63) is 0 Å². The number of rotatable bonds is 5. The monoisotopic (exact) mass is 283 g/mol. The molecule has 116 valence electrons. The Hall–Kier alpha value is -1.06. The standard InChI is InChI=1S/C16H29NO3/c1-12(2)15(18)17(11-13(3)16(19)20-4)14-9-7-5-6-8-10-14/h12-14H,5-11H2,1-4H3. The molecule has 0 N–H and O–H groups in total. The first-order chi connectivity index (χ1) is 9.47. The number of ether oxygens (including phenoxy) is 1. The highest BCUT2D eigenvalue weighted by atomic mass is 16.5. The smallest absolute Gasteiger partial charge is 0.310 e. The Labute approximate surface area is 122 Å². The fraction of sp³-hybridized carbons (Fsp3) is 0.875. The molecule has 1 rings (SSSR count). The predicted octanol–water partition coefficient (Wildman–Crippen LogP) is 3.00. The Morgan fingerprint density at radius 1 is 1.10 bits per heavy atom. The summed E-state index contributed by atoms with van der Waals surface area (Å²) in [6.45, 7) is 6.17. The van der Waals surface area contributed by atoms with Crippen molar-refractivity contribution in [3.8, 4) is 0 Å². The van der Waals surface area contributed by atoms with Crippen LogP contribution in [0.4, 0.5) is 0 Å². The van der Waals surface area contributed by atoms with Gasteiger partial charge in [-0.1, -0.05) is 46.5 Å². The highest BCUT2D eigenvalue weighted by Gasteiger charge is 2.29. The molecule has 0 aromatic rings. The molecule has 4 heteroatoms. The number of amides is 1. The summed E-state index contributed by atoms with van der Waals surface area (Å²) >= 11 is 0. The van der Waals surface area contributed by atoms with Crippen molar-refractivity contribution in [3.63, 3.8) is 0 Å². The summed E-state index contributed by atoms with van der Waals surface area (Å²) in [4.78, 5) is 26.0. The van der Waals surface area contributed by atoms with Gasteiger partial charge in [-0.3, -0.25) is 9.59 Å². The van der Waals surface area contributed by atoms with Crippen LogP contribution in [0.1, 0.15) is 59.3 Å². The summed E-state index contributed by atoms with van der Waals surface area (Å²) in [6.07, 6.45) is 7.00. The van der Waals surface area contributed by atoms with Gasteiger partial charge in [0.25, 0.3) is 0 Å². The van der Waals surface area contributed by atoms with Gasteiger partial charge in [0.15, 0.2) is 0 Å². The summed E-state index contributed by atoms with van der Waals surface area (Å²) in [6, 6.07) is 0.291. The zero-order valence-electron chi connectivity index (χ0n) is 13.4. The lowest BCUT2D eigenvalue weighted by atomic mass is 10.0. The average Bonchev–Trinajstić information content (AvgIpc) is 2.71. The van der Waals surface area contributed by atoms with E-state index in [1.807, 2.05) is 25.7 Å². The van der Waals surface area contributed by atoms with Gasteiger partial charge in [-0.2, -0.15) is 0 Å². The van der Waals surface area contributed by atoms with E-state index in [1.54, 1.807) is 0 Å². The normalized spacial score (nSPS) is 18.4. The summed E-state index contributed by atoms with van der Waals surface area (Å²) in [7, 11) is 1.40. The molecule has 1 fully saturated rings. The number of methoxy groups -OCH3 is 1.